The smallest absolute Gasteiger partial charge is 0.339 e. The Morgan fingerprint density at radius 1 is 0.712 bits per heavy atom. The highest BCUT2D eigenvalue weighted by molar-refractivity contribution is 6.99. The van der Waals surface area contributed by atoms with Crippen molar-refractivity contribution < 1.29 is 23.8 Å². The summed E-state index contributed by atoms with van der Waals surface area (Å²) < 4.78 is 22.3. The zero-order valence-electron chi connectivity index (χ0n) is 34.4. The van der Waals surface area contributed by atoms with Gasteiger partial charge in [-0.15, -0.1) is 0 Å². The first-order chi connectivity index (χ1) is 28.5. The maximum absolute atomic E-state index is 12.0. The quantitative estimate of drug-likeness (QED) is 0.0983. The van der Waals surface area contributed by atoms with Crippen LogP contribution in [0.2, 0.25) is 10.1 Å². The maximum atomic E-state index is 12.0. The van der Waals surface area contributed by atoms with Gasteiger partial charge in [0.2, 0.25) is 0 Å². The Hall–Kier alpha value is -5.60. The predicted molar refractivity (Wildman–Crippen MR) is 243 cm³/mol. The average molecular weight is 823 g/mol. The van der Waals surface area contributed by atoms with E-state index in [0.29, 0.717) is 36.8 Å². The van der Waals surface area contributed by atoms with E-state index in [1.54, 1.807) is 18.2 Å². The molecule has 0 aliphatic rings. The maximum Gasteiger partial charge on any atom is 0.339 e. The molecule has 0 bridgehead atoms. The van der Waals surface area contributed by atoms with Crippen LogP contribution in [0.25, 0.3) is 10.9 Å². The lowest BCUT2D eigenvalue weighted by Gasteiger charge is -2.43. The van der Waals surface area contributed by atoms with Crippen molar-refractivity contribution in [3.05, 3.63) is 191 Å². The molecule has 59 heavy (non-hydrogen) atoms. The molecule has 1 heterocycles. The summed E-state index contributed by atoms with van der Waals surface area (Å²) in [5.41, 5.74) is 5.77. The van der Waals surface area contributed by atoms with Gasteiger partial charge in [-0.2, -0.15) is 0 Å². The fourth-order valence-electron chi connectivity index (χ4n) is 8.47. The highest BCUT2D eigenvalue weighted by atomic mass is 35.5. The summed E-state index contributed by atoms with van der Waals surface area (Å²) in [7, 11) is -2.85. The van der Waals surface area contributed by atoms with Gasteiger partial charge in [0, 0.05) is 47.1 Å². The van der Waals surface area contributed by atoms with Crippen molar-refractivity contribution in [2.75, 3.05) is 13.2 Å². The number of aromatic carboxylic acids is 1. The predicted octanol–water partition coefficient (Wildman–Crippen LogP) is 11.2. The molecule has 0 amide bonds. The van der Waals surface area contributed by atoms with E-state index in [0.717, 1.165) is 22.2 Å². The molecule has 0 unspecified atom stereocenters. The lowest BCUT2D eigenvalue weighted by atomic mass is 9.97. The van der Waals surface area contributed by atoms with Gasteiger partial charge in [0.05, 0.1) is 18.8 Å². The van der Waals surface area contributed by atoms with Crippen molar-refractivity contribution in [1.29, 1.82) is 0 Å². The minimum atomic E-state index is -2.85. The van der Waals surface area contributed by atoms with Gasteiger partial charge in [0.1, 0.15) is 17.1 Å². The molecule has 0 fully saturated rings. The molecule has 6 aromatic carbocycles. The largest absolute Gasteiger partial charge is 0.493 e. The molecule has 7 rings (SSSR count). The highest BCUT2D eigenvalue weighted by Crippen LogP contribution is 2.40. The number of hydrogen-bond acceptors (Lipinski definition) is 4. The van der Waals surface area contributed by atoms with Crippen LogP contribution in [-0.2, 0) is 17.3 Å². The number of rotatable bonds is 16. The van der Waals surface area contributed by atoms with Crippen LogP contribution in [0, 0.1) is 0 Å². The SMILES string of the molecule is CC(C)Oc1cc(OCCc2c(CCO[Si](c3ccccc3)(c3ccccc3)C(C)(C)C)n(C(c3ccccc3)c3ccccc3)c3ccc(Cl)cc23)ccc1C(=O)O. The zero-order valence-corrected chi connectivity index (χ0v) is 36.2. The molecule has 7 aromatic rings. The molecule has 0 saturated heterocycles. The Kier molecular flexibility index (Phi) is 12.8. The van der Waals surface area contributed by atoms with Gasteiger partial charge in [-0.1, -0.05) is 154 Å². The molecule has 1 aromatic heterocycles. The average Bonchev–Trinajstić information content (AvgIpc) is 3.51. The van der Waals surface area contributed by atoms with E-state index in [9.17, 15) is 9.90 Å². The van der Waals surface area contributed by atoms with Crippen molar-refractivity contribution in [3.8, 4) is 11.5 Å². The third-order valence-corrected chi connectivity index (χ3v) is 16.2. The number of carboxylic acid groups (broad SMARTS) is 1. The Balaban J connectivity index is 1.35. The third-order valence-electron chi connectivity index (χ3n) is 10.9. The normalized spacial score (nSPS) is 12.0. The molecule has 0 radical (unpaired) electrons. The Bertz CT molecular complexity index is 2400. The molecule has 0 spiro atoms. The van der Waals surface area contributed by atoms with Crippen molar-refractivity contribution in [1.82, 2.24) is 4.57 Å². The summed E-state index contributed by atoms with van der Waals surface area (Å²) in [5.74, 6) is -0.230. The first-order valence-electron chi connectivity index (χ1n) is 20.3. The topological polar surface area (TPSA) is 69.9 Å². The molecule has 0 saturated carbocycles. The molecule has 0 aliphatic carbocycles. The van der Waals surface area contributed by atoms with Crippen LogP contribution in [0.5, 0.6) is 11.5 Å². The number of fused-ring (bicyclic) bond motifs is 1. The second kappa shape index (κ2) is 18.1. The number of halogens is 1. The third kappa shape index (κ3) is 8.88. The van der Waals surface area contributed by atoms with E-state index >= 15 is 0 Å². The fourth-order valence-corrected chi connectivity index (χ4v) is 13.2. The monoisotopic (exact) mass is 821 g/mol. The summed E-state index contributed by atoms with van der Waals surface area (Å²) in [6, 6.07) is 53.8. The second-order valence-electron chi connectivity index (χ2n) is 16.2. The minimum Gasteiger partial charge on any atom is -0.493 e. The van der Waals surface area contributed by atoms with E-state index in [2.05, 4.69) is 159 Å². The van der Waals surface area contributed by atoms with Crippen LogP contribution in [0.1, 0.15) is 73.4 Å². The molecule has 302 valence electrons. The first-order valence-corrected chi connectivity index (χ1v) is 22.6. The Morgan fingerprint density at radius 3 is 1.80 bits per heavy atom. The van der Waals surface area contributed by atoms with Crippen LogP contribution in [0.4, 0.5) is 0 Å². The van der Waals surface area contributed by atoms with Crippen molar-refractivity contribution >= 4 is 47.2 Å². The Morgan fingerprint density at radius 2 is 1.27 bits per heavy atom. The summed E-state index contributed by atoms with van der Waals surface area (Å²) in [4.78, 5) is 12.0. The second-order valence-corrected chi connectivity index (χ2v) is 20.9. The fraction of sp³-hybridized carbons (Fsp3) is 0.235. The standard InChI is InChI=1S/C51H52ClNO5Si/c1-36(2)58-48-35-40(27-28-44(48)50(54)55)56-32-30-43-45-34-39(52)26-29-46(45)53(49(37-18-10-6-11-19-37)38-20-12-7-13-21-38)47(43)31-33-57-59(51(3,4)5,41-22-14-8-15-23-41)42-24-16-9-17-25-42/h6-29,34-36,49H,30-33H2,1-5H3,(H,54,55). The van der Waals surface area contributed by atoms with E-state index in [1.165, 1.54) is 21.5 Å². The molecular weight excluding hydrogens is 770 g/mol. The lowest BCUT2D eigenvalue weighted by Crippen LogP contribution is -2.66. The summed E-state index contributed by atoms with van der Waals surface area (Å²) in [6.07, 6.45) is 0.993. The van der Waals surface area contributed by atoms with Gasteiger partial charge < -0.3 is 23.6 Å². The summed E-state index contributed by atoms with van der Waals surface area (Å²) in [6.45, 7) is 11.5. The zero-order chi connectivity index (χ0) is 41.6. The number of carbonyl (C=O) groups is 1. The van der Waals surface area contributed by atoms with Crippen LogP contribution in [-0.4, -0.2) is 43.3 Å². The van der Waals surface area contributed by atoms with Gasteiger partial charge in [0.15, 0.2) is 0 Å². The van der Waals surface area contributed by atoms with Crippen molar-refractivity contribution in [2.45, 2.75) is 64.6 Å². The van der Waals surface area contributed by atoms with Crippen molar-refractivity contribution in [3.63, 3.8) is 0 Å². The molecule has 8 heteroatoms. The molecule has 6 nitrogen and oxygen atoms in total. The van der Waals surface area contributed by atoms with Gasteiger partial charge in [0.25, 0.3) is 8.32 Å². The number of carboxylic acids is 1. The number of aromatic nitrogens is 1. The molecule has 0 atom stereocenters. The molecular formula is C51H52ClNO5Si. The van der Waals surface area contributed by atoms with Crippen LogP contribution in [0.15, 0.2) is 158 Å². The van der Waals surface area contributed by atoms with Gasteiger partial charge >= 0.3 is 5.97 Å². The van der Waals surface area contributed by atoms with Gasteiger partial charge in [-0.05, 0) is 76.3 Å². The van der Waals surface area contributed by atoms with Crippen LogP contribution < -0.4 is 19.8 Å². The molecule has 0 aliphatic heterocycles. The van der Waals surface area contributed by atoms with E-state index in [-0.39, 0.29) is 28.5 Å². The minimum absolute atomic E-state index is 0.0970. The molecule has 1 N–H and O–H groups in total. The van der Waals surface area contributed by atoms with Crippen molar-refractivity contribution in [2.24, 2.45) is 0 Å². The number of ether oxygens (including phenoxy) is 2. The highest BCUT2D eigenvalue weighted by Gasteiger charge is 2.50. The summed E-state index contributed by atoms with van der Waals surface area (Å²) in [5, 5.41) is 13.8. The number of hydrogen-bond donors (Lipinski definition) is 1. The van der Waals surface area contributed by atoms with E-state index in [4.69, 9.17) is 25.5 Å². The van der Waals surface area contributed by atoms with E-state index < -0.39 is 14.3 Å². The summed E-state index contributed by atoms with van der Waals surface area (Å²) >= 11 is 6.82. The van der Waals surface area contributed by atoms with Crippen LogP contribution >= 0.6 is 11.6 Å². The van der Waals surface area contributed by atoms with Crippen LogP contribution in [0.3, 0.4) is 0 Å². The Labute approximate surface area is 354 Å². The van der Waals surface area contributed by atoms with E-state index in [1.807, 2.05) is 19.9 Å². The first kappa shape index (κ1) is 41.6. The lowest BCUT2D eigenvalue weighted by molar-refractivity contribution is 0.0690. The number of nitrogens with zero attached hydrogens (tertiary/aromatic N) is 1. The number of benzene rings is 6. The van der Waals surface area contributed by atoms with Gasteiger partial charge in [-0.25, -0.2) is 4.79 Å². The van der Waals surface area contributed by atoms with Gasteiger partial charge in [-0.3, -0.25) is 0 Å².